The molecule has 1 unspecified atom stereocenters. The molecule has 1 aromatic heterocycles. The first-order chi connectivity index (χ1) is 7.72. The van der Waals surface area contributed by atoms with Crippen LogP contribution in [-0.2, 0) is 4.79 Å². The van der Waals surface area contributed by atoms with Crippen molar-refractivity contribution in [3.05, 3.63) is 35.8 Å². The van der Waals surface area contributed by atoms with Gasteiger partial charge in [0.05, 0.1) is 6.07 Å². The molecule has 0 aliphatic carbocycles. The molecule has 2 heterocycles. The standard InChI is InChI=1S/C12H11N3O/c1-8-11(9-2-4-14-5-3-9)6-10(7-13)12(16)15-8/h2-5,10H,6H2,1H3,(H,15,16). The quantitative estimate of drug-likeness (QED) is 0.768. The SMILES string of the molecule is CC1=C(c2ccncc2)CC(C#N)C(=O)N1. The Morgan fingerprint density at radius 3 is 2.81 bits per heavy atom. The van der Waals surface area contributed by atoms with E-state index in [1.54, 1.807) is 12.4 Å². The van der Waals surface area contributed by atoms with Crippen LogP contribution in [0.15, 0.2) is 30.2 Å². The highest BCUT2D eigenvalue weighted by Gasteiger charge is 2.26. The fraction of sp³-hybridized carbons (Fsp3) is 0.250. The number of carbonyl (C=O) groups excluding carboxylic acids is 1. The molecule has 16 heavy (non-hydrogen) atoms. The van der Waals surface area contributed by atoms with Crippen molar-refractivity contribution in [2.24, 2.45) is 5.92 Å². The summed E-state index contributed by atoms with van der Waals surface area (Å²) in [5.41, 5.74) is 2.84. The Hall–Kier alpha value is -2.15. The van der Waals surface area contributed by atoms with E-state index in [1.807, 2.05) is 25.1 Å². The molecule has 4 heteroatoms. The number of allylic oxidation sites excluding steroid dienone is 2. The van der Waals surface area contributed by atoms with Gasteiger partial charge in [0, 0.05) is 18.1 Å². The van der Waals surface area contributed by atoms with Crippen molar-refractivity contribution in [2.75, 3.05) is 0 Å². The highest BCUT2D eigenvalue weighted by molar-refractivity contribution is 5.90. The van der Waals surface area contributed by atoms with Gasteiger partial charge in [0.1, 0.15) is 5.92 Å². The Bertz CT molecular complexity index is 485. The predicted molar refractivity (Wildman–Crippen MR) is 58.7 cm³/mol. The molecule has 1 amide bonds. The Kier molecular flexibility index (Phi) is 2.69. The molecule has 2 rings (SSSR count). The van der Waals surface area contributed by atoms with E-state index in [-0.39, 0.29) is 5.91 Å². The molecule has 1 aromatic rings. The van der Waals surface area contributed by atoms with Crippen LogP contribution in [0.25, 0.3) is 5.57 Å². The zero-order valence-electron chi connectivity index (χ0n) is 8.90. The van der Waals surface area contributed by atoms with Crippen LogP contribution >= 0.6 is 0 Å². The Balaban J connectivity index is 2.38. The van der Waals surface area contributed by atoms with Crippen molar-refractivity contribution >= 4 is 11.5 Å². The van der Waals surface area contributed by atoms with Gasteiger partial charge in [-0.05, 0) is 36.6 Å². The van der Waals surface area contributed by atoms with Crippen molar-refractivity contribution in [3.63, 3.8) is 0 Å². The molecule has 0 saturated carbocycles. The summed E-state index contributed by atoms with van der Waals surface area (Å²) in [6.45, 7) is 1.85. The Labute approximate surface area is 93.6 Å². The number of rotatable bonds is 1. The van der Waals surface area contributed by atoms with Crippen molar-refractivity contribution in [1.29, 1.82) is 5.26 Å². The van der Waals surface area contributed by atoms with Crippen molar-refractivity contribution in [2.45, 2.75) is 13.3 Å². The van der Waals surface area contributed by atoms with Gasteiger partial charge in [-0.25, -0.2) is 0 Å². The molecule has 1 aliphatic rings. The van der Waals surface area contributed by atoms with Crippen LogP contribution in [0.4, 0.5) is 0 Å². The molecule has 0 bridgehead atoms. The van der Waals surface area contributed by atoms with Gasteiger partial charge in [-0.15, -0.1) is 0 Å². The lowest BCUT2D eigenvalue weighted by molar-refractivity contribution is -0.122. The molecule has 0 saturated heterocycles. The molecule has 0 spiro atoms. The van der Waals surface area contributed by atoms with E-state index < -0.39 is 5.92 Å². The number of hydrogen-bond donors (Lipinski definition) is 1. The van der Waals surface area contributed by atoms with Gasteiger partial charge in [-0.2, -0.15) is 5.26 Å². The molecule has 1 N–H and O–H groups in total. The molecule has 0 fully saturated rings. The number of amides is 1. The lowest BCUT2D eigenvalue weighted by Crippen LogP contribution is -2.33. The monoisotopic (exact) mass is 213 g/mol. The van der Waals surface area contributed by atoms with E-state index in [9.17, 15) is 4.79 Å². The molecule has 0 radical (unpaired) electrons. The minimum absolute atomic E-state index is 0.210. The topological polar surface area (TPSA) is 65.8 Å². The summed E-state index contributed by atoms with van der Waals surface area (Å²) in [6, 6.07) is 5.77. The second kappa shape index (κ2) is 4.15. The number of pyridine rings is 1. The maximum absolute atomic E-state index is 11.4. The van der Waals surface area contributed by atoms with Crippen LogP contribution in [0.1, 0.15) is 18.9 Å². The van der Waals surface area contributed by atoms with Gasteiger partial charge in [0.25, 0.3) is 0 Å². The van der Waals surface area contributed by atoms with Gasteiger partial charge in [0.15, 0.2) is 0 Å². The van der Waals surface area contributed by atoms with Crippen molar-refractivity contribution in [3.8, 4) is 6.07 Å². The lowest BCUT2D eigenvalue weighted by Gasteiger charge is -2.22. The summed E-state index contributed by atoms with van der Waals surface area (Å²) in [6.07, 6.45) is 3.87. The highest BCUT2D eigenvalue weighted by Crippen LogP contribution is 2.28. The third-order valence-electron chi connectivity index (χ3n) is 2.67. The Morgan fingerprint density at radius 2 is 2.19 bits per heavy atom. The van der Waals surface area contributed by atoms with Crippen LogP contribution in [0.2, 0.25) is 0 Å². The molecule has 0 aromatic carbocycles. The summed E-state index contributed by atoms with van der Waals surface area (Å²) < 4.78 is 0. The zero-order chi connectivity index (χ0) is 11.5. The van der Waals surface area contributed by atoms with E-state index in [0.29, 0.717) is 6.42 Å². The second-order valence-corrected chi connectivity index (χ2v) is 3.71. The second-order valence-electron chi connectivity index (χ2n) is 3.71. The minimum Gasteiger partial charge on any atom is -0.329 e. The number of aromatic nitrogens is 1. The minimum atomic E-state index is -0.591. The molecular formula is C12H11N3O. The van der Waals surface area contributed by atoms with Crippen LogP contribution in [0, 0.1) is 17.2 Å². The summed E-state index contributed by atoms with van der Waals surface area (Å²) in [4.78, 5) is 15.4. The zero-order valence-corrected chi connectivity index (χ0v) is 8.90. The maximum Gasteiger partial charge on any atom is 0.241 e. The van der Waals surface area contributed by atoms with Crippen LogP contribution < -0.4 is 5.32 Å². The van der Waals surface area contributed by atoms with Crippen LogP contribution in [-0.4, -0.2) is 10.9 Å². The smallest absolute Gasteiger partial charge is 0.241 e. The number of carbonyl (C=O) groups is 1. The van der Waals surface area contributed by atoms with E-state index in [0.717, 1.165) is 16.8 Å². The first-order valence-electron chi connectivity index (χ1n) is 5.03. The fourth-order valence-electron chi connectivity index (χ4n) is 1.79. The van der Waals surface area contributed by atoms with Gasteiger partial charge in [0.2, 0.25) is 5.91 Å². The maximum atomic E-state index is 11.4. The van der Waals surface area contributed by atoms with Crippen molar-refractivity contribution < 1.29 is 4.79 Å². The molecule has 1 aliphatic heterocycles. The van der Waals surface area contributed by atoms with Gasteiger partial charge in [-0.3, -0.25) is 9.78 Å². The van der Waals surface area contributed by atoms with E-state index in [2.05, 4.69) is 10.3 Å². The molecule has 4 nitrogen and oxygen atoms in total. The van der Waals surface area contributed by atoms with E-state index >= 15 is 0 Å². The summed E-state index contributed by atoms with van der Waals surface area (Å²) in [7, 11) is 0. The van der Waals surface area contributed by atoms with Crippen LogP contribution in [0.5, 0.6) is 0 Å². The number of hydrogen-bond acceptors (Lipinski definition) is 3. The van der Waals surface area contributed by atoms with Crippen molar-refractivity contribution in [1.82, 2.24) is 10.3 Å². The average molecular weight is 213 g/mol. The van der Waals surface area contributed by atoms with Gasteiger partial charge >= 0.3 is 0 Å². The van der Waals surface area contributed by atoms with Crippen LogP contribution in [0.3, 0.4) is 0 Å². The van der Waals surface area contributed by atoms with Gasteiger partial charge < -0.3 is 5.32 Å². The molecule has 1 atom stereocenters. The third kappa shape index (κ3) is 1.80. The predicted octanol–water partition coefficient (Wildman–Crippen LogP) is 1.47. The average Bonchev–Trinajstić information content (AvgIpc) is 2.30. The Morgan fingerprint density at radius 1 is 1.50 bits per heavy atom. The lowest BCUT2D eigenvalue weighted by atomic mass is 9.90. The first-order valence-corrected chi connectivity index (χ1v) is 5.03. The molecular weight excluding hydrogens is 202 g/mol. The summed E-state index contributed by atoms with van der Waals surface area (Å²) >= 11 is 0. The number of nitrogens with one attached hydrogen (secondary N) is 1. The number of nitrogens with zero attached hydrogens (tertiary/aromatic N) is 2. The largest absolute Gasteiger partial charge is 0.329 e. The van der Waals surface area contributed by atoms with E-state index in [4.69, 9.17) is 5.26 Å². The van der Waals surface area contributed by atoms with E-state index in [1.165, 1.54) is 0 Å². The first kappa shape index (κ1) is 10.4. The highest BCUT2D eigenvalue weighted by atomic mass is 16.1. The third-order valence-corrected chi connectivity index (χ3v) is 2.67. The summed E-state index contributed by atoms with van der Waals surface area (Å²) in [5.74, 6) is -0.801. The summed E-state index contributed by atoms with van der Waals surface area (Å²) in [5, 5.41) is 11.6. The number of nitriles is 1. The van der Waals surface area contributed by atoms with Gasteiger partial charge in [-0.1, -0.05) is 0 Å². The fourth-order valence-corrected chi connectivity index (χ4v) is 1.79. The normalized spacial score (nSPS) is 20.2. The molecule has 80 valence electrons.